The summed E-state index contributed by atoms with van der Waals surface area (Å²) in [7, 11) is 0. The van der Waals surface area contributed by atoms with Crippen LogP contribution in [0.15, 0.2) is 0 Å². The van der Waals surface area contributed by atoms with Gasteiger partial charge in [-0.2, -0.15) is 0 Å². The van der Waals surface area contributed by atoms with Crippen molar-refractivity contribution in [3.63, 3.8) is 0 Å². The van der Waals surface area contributed by atoms with Gasteiger partial charge in [-0.1, -0.05) is 33.6 Å². The van der Waals surface area contributed by atoms with Gasteiger partial charge in [-0.25, -0.2) is 0 Å². The first-order valence-electron chi connectivity index (χ1n) is 7.69. The first-order valence-corrected chi connectivity index (χ1v) is 7.69. The molecule has 2 nitrogen and oxygen atoms in total. The van der Waals surface area contributed by atoms with E-state index in [0.717, 1.165) is 0 Å². The lowest BCUT2D eigenvalue weighted by molar-refractivity contribution is 0.108. The second kappa shape index (κ2) is 8.10. The fourth-order valence-corrected chi connectivity index (χ4v) is 3.19. The van der Waals surface area contributed by atoms with Crippen molar-refractivity contribution in [3.8, 4) is 0 Å². The van der Waals surface area contributed by atoms with E-state index in [-0.39, 0.29) is 0 Å². The van der Waals surface area contributed by atoms with Gasteiger partial charge in [-0.15, -0.1) is 0 Å². The zero-order valence-corrected chi connectivity index (χ0v) is 12.2. The summed E-state index contributed by atoms with van der Waals surface area (Å²) >= 11 is 0. The highest BCUT2D eigenvalue weighted by molar-refractivity contribution is 4.87. The van der Waals surface area contributed by atoms with Gasteiger partial charge in [-0.05, 0) is 50.7 Å². The van der Waals surface area contributed by atoms with Crippen LogP contribution in [0.3, 0.4) is 0 Å². The Labute approximate surface area is 108 Å². The van der Waals surface area contributed by atoms with Crippen LogP contribution in [0.4, 0.5) is 0 Å². The van der Waals surface area contributed by atoms with Crippen LogP contribution in [0.5, 0.6) is 0 Å². The maximum Gasteiger partial charge on any atom is 0.00500 e. The SMILES string of the molecule is CCCCN(CC)CC1(CCC)CCCNC1. The summed E-state index contributed by atoms with van der Waals surface area (Å²) in [4.78, 5) is 2.67. The van der Waals surface area contributed by atoms with Crippen molar-refractivity contribution >= 4 is 0 Å². The van der Waals surface area contributed by atoms with Crippen molar-refractivity contribution in [3.05, 3.63) is 0 Å². The second-order valence-electron chi connectivity index (χ2n) is 5.75. The van der Waals surface area contributed by atoms with Crippen LogP contribution in [0, 0.1) is 5.41 Å². The van der Waals surface area contributed by atoms with Crippen LogP contribution >= 0.6 is 0 Å². The number of piperidine rings is 1. The minimum absolute atomic E-state index is 0.566. The summed E-state index contributed by atoms with van der Waals surface area (Å²) < 4.78 is 0. The van der Waals surface area contributed by atoms with E-state index in [1.165, 1.54) is 71.2 Å². The Hall–Kier alpha value is -0.0800. The average molecular weight is 240 g/mol. The molecule has 1 fully saturated rings. The lowest BCUT2D eigenvalue weighted by atomic mass is 9.76. The summed E-state index contributed by atoms with van der Waals surface area (Å²) in [5, 5.41) is 3.62. The van der Waals surface area contributed by atoms with Crippen LogP contribution in [-0.2, 0) is 0 Å². The number of hydrogen-bond acceptors (Lipinski definition) is 2. The monoisotopic (exact) mass is 240 g/mol. The van der Waals surface area contributed by atoms with Crippen molar-refractivity contribution in [2.24, 2.45) is 5.41 Å². The van der Waals surface area contributed by atoms with Gasteiger partial charge in [0.1, 0.15) is 0 Å². The lowest BCUT2D eigenvalue weighted by Gasteiger charge is -2.41. The van der Waals surface area contributed by atoms with E-state index in [0.29, 0.717) is 5.41 Å². The van der Waals surface area contributed by atoms with E-state index in [2.05, 4.69) is 31.0 Å². The Morgan fingerprint density at radius 2 is 2.00 bits per heavy atom. The minimum atomic E-state index is 0.566. The third-order valence-corrected chi connectivity index (χ3v) is 4.18. The molecule has 1 aliphatic heterocycles. The summed E-state index contributed by atoms with van der Waals surface area (Å²) in [6.45, 7) is 13.2. The summed E-state index contributed by atoms with van der Waals surface area (Å²) in [6.07, 6.45) is 8.18. The van der Waals surface area contributed by atoms with Gasteiger partial charge in [0, 0.05) is 13.1 Å². The molecule has 1 N–H and O–H groups in total. The minimum Gasteiger partial charge on any atom is -0.316 e. The zero-order chi connectivity index (χ0) is 12.6. The molecule has 0 aromatic heterocycles. The van der Waals surface area contributed by atoms with Crippen LogP contribution in [0.2, 0.25) is 0 Å². The predicted octanol–water partition coefficient (Wildman–Crippen LogP) is 3.28. The molecule has 0 bridgehead atoms. The quantitative estimate of drug-likeness (QED) is 0.700. The molecule has 0 spiro atoms. The van der Waals surface area contributed by atoms with Gasteiger partial charge < -0.3 is 10.2 Å². The number of hydrogen-bond donors (Lipinski definition) is 1. The smallest absolute Gasteiger partial charge is 0.00500 e. The first kappa shape index (κ1) is 15.0. The molecule has 0 amide bonds. The highest BCUT2D eigenvalue weighted by Gasteiger charge is 2.32. The molecule has 0 radical (unpaired) electrons. The van der Waals surface area contributed by atoms with Gasteiger partial charge in [0.2, 0.25) is 0 Å². The largest absolute Gasteiger partial charge is 0.316 e. The highest BCUT2D eigenvalue weighted by atomic mass is 15.1. The number of rotatable bonds is 8. The third kappa shape index (κ3) is 4.97. The van der Waals surface area contributed by atoms with Gasteiger partial charge >= 0.3 is 0 Å². The molecule has 2 heteroatoms. The topological polar surface area (TPSA) is 15.3 Å². The van der Waals surface area contributed by atoms with E-state index in [4.69, 9.17) is 0 Å². The van der Waals surface area contributed by atoms with E-state index in [1.54, 1.807) is 0 Å². The van der Waals surface area contributed by atoms with Gasteiger partial charge in [0.25, 0.3) is 0 Å². The second-order valence-corrected chi connectivity index (χ2v) is 5.75. The van der Waals surface area contributed by atoms with E-state index in [1.807, 2.05) is 0 Å². The summed E-state index contributed by atoms with van der Waals surface area (Å²) in [6, 6.07) is 0. The summed E-state index contributed by atoms with van der Waals surface area (Å²) in [5.41, 5.74) is 0.566. The summed E-state index contributed by atoms with van der Waals surface area (Å²) in [5.74, 6) is 0. The number of nitrogens with one attached hydrogen (secondary N) is 1. The molecular weight excluding hydrogens is 208 g/mol. The predicted molar refractivity (Wildman–Crippen MR) is 76.5 cm³/mol. The fourth-order valence-electron chi connectivity index (χ4n) is 3.19. The molecule has 1 saturated heterocycles. The van der Waals surface area contributed by atoms with Crippen molar-refractivity contribution in [1.29, 1.82) is 0 Å². The van der Waals surface area contributed by atoms with Crippen LogP contribution < -0.4 is 5.32 Å². The average Bonchev–Trinajstić information content (AvgIpc) is 2.36. The van der Waals surface area contributed by atoms with Crippen molar-refractivity contribution < 1.29 is 0 Å². The fraction of sp³-hybridized carbons (Fsp3) is 1.00. The molecule has 0 aromatic rings. The van der Waals surface area contributed by atoms with E-state index in [9.17, 15) is 0 Å². The Kier molecular flexibility index (Phi) is 7.14. The van der Waals surface area contributed by atoms with Gasteiger partial charge in [-0.3, -0.25) is 0 Å². The molecule has 0 aliphatic carbocycles. The van der Waals surface area contributed by atoms with Crippen molar-refractivity contribution in [1.82, 2.24) is 10.2 Å². The molecule has 1 aliphatic rings. The third-order valence-electron chi connectivity index (χ3n) is 4.18. The molecular formula is C15H32N2. The maximum atomic E-state index is 3.62. The maximum absolute atomic E-state index is 3.62. The Bertz CT molecular complexity index is 180. The van der Waals surface area contributed by atoms with E-state index < -0.39 is 0 Å². The first-order chi connectivity index (χ1) is 8.26. The number of unbranched alkanes of at least 4 members (excludes halogenated alkanes) is 1. The molecule has 1 unspecified atom stereocenters. The molecule has 0 saturated carbocycles. The van der Waals surface area contributed by atoms with Gasteiger partial charge in [0.15, 0.2) is 0 Å². The standard InChI is InChI=1S/C15H32N2/c1-4-7-12-17(6-3)14-15(9-5-2)10-8-11-16-13-15/h16H,4-14H2,1-3H3. The highest BCUT2D eigenvalue weighted by Crippen LogP contribution is 2.32. The Morgan fingerprint density at radius 3 is 2.53 bits per heavy atom. The van der Waals surface area contributed by atoms with Crippen molar-refractivity contribution in [2.45, 2.75) is 59.3 Å². The molecule has 1 atom stereocenters. The van der Waals surface area contributed by atoms with E-state index >= 15 is 0 Å². The molecule has 0 aromatic carbocycles. The molecule has 1 heterocycles. The number of nitrogens with zero attached hydrogens (tertiary/aromatic N) is 1. The molecule has 1 rings (SSSR count). The van der Waals surface area contributed by atoms with Gasteiger partial charge in [0.05, 0.1) is 0 Å². The lowest BCUT2D eigenvalue weighted by Crippen LogP contribution is -2.47. The van der Waals surface area contributed by atoms with Crippen LogP contribution in [0.1, 0.15) is 59.3 Å². The normalized spacial score (nSPS) is 25.4. The molecule has 17 heavy (non-hydrogen) atoms. The van der Waals surface area contributed by atoms with Crippen LogP contribution in [-0.4, -0.2) is 37.6 Å². The van der Waals surface area contributed by atoms with Crippen molar-refractivity contribution in [2.75, 3.05) is 32.7 Å². The Balaban J connectivity index is 2.50. The Morgan fingerprint density at radius 1 is 1.18 bits per heavy atom. The van der Waals surface area contributed by atoms with Crippen LogP contribution in [0.25, 0.3) is 0 Å². The molecule has 102 valence electrons. The zero-order valence-electron chi connectivity index (χ0n) is 12.2.